The molecule has 23 heavy (non-hydrogen) atoms. The second-order valence-electron chi connectivity index (χ2n) is 5.45. The van der Waals surface area contributed by atoms with Crippen molar-refractivity contribution in [2.45, 2.75) is 17.8 Å². The molecule has 120 valence electrons. The van der Waals surface area contributed by atoms with Gasteiger partial charge in [0.25, 0.3) is 16.0 Å². The van der Waals surface area contributed by atoms with E-state index in [4.69, 9.17) is 4.74 Å². The summed E-state index contributed by atoms with van der Waals surface area (Å²) in [6.07, 6.45) is 0.328. The van der Waals surface area contributed by atoms with Crippen molar-refractivity contribution in [1.82, 2.24) is 4.90 Å². The number of methoxy groups -OCH3 is 1. The van der Waals surface area contributed by atoms with Crippen LogP contribution in [0.15, 0.2) is 30.4 Å². The average molecular weight is 348 g/mol. The summed E-state index contributed by atoms with van der Waals surface area (Å²) in [4.78, 5) is 14.1. The third kappa shape index (κ3) is 3.27. The van der Waals surface area contributed by atoms with Crippen LogP contribution in [0.3, 0.4) is 0 Å². The van der Waals surface area contributed by atoms with Crippen LogP contribution in [0, 0.1) is 0 Å². The maximum atomic E-state index is 12.7. The van der Waals surface area contributed by atoms with E-state index in [9.17, 15) is 17.8 Å². The van der Waals surface area contributed by atoms with Gasteiger partial charge in [0, 0.05) is 12.2 Å². The molecule has 0 bridgehead atoms. The number of nitrogens with one attached hydrogen (secondary N) is 1. The zero-order valence-corrected chi connectivity index (χ0v) is 12.8. The number of benzene rings is 1. The fraction of sp³-hybridized carbons (Fsp3) is 0.357. The Labute approximate surface area is 156 Å². The van der Waals surface area contributed by atoms with Crippen molar-refractivity contribution < 1.29 is 22.5 Å². The molecule has 2 atom stereocenters. The topological polar surface area (TPSA) is 95.9 Å². The number of amides is 1. The van der Waals surface area contributed by atoms with Gasteiger partial charge >= 0.3 is 29.6 Å². The second-order valence-corrected chi connectivity index (χ2v) is 6.98. The first-order valence-corrected chi connectivity index (χ1v) is 8.20. The Bertz CT molecular complexity index is 764. The van der Waals surface area contributed by atoms with Crippen LogP contribution >= 0.6 is 0 Å². The Morgan fingerprint density at radius 3 is 2.74 bits per heavy atom. The zero-order chi connectivity index (χ0) is 16.1. The molecule has 0 aliphatic carbocycles. The fourth-order valence-electron chi connectivity index (χ4n) is 2.95. The van der Waals surface area contributed by atoms with Crippen LogP contribution in [0.4, 0.5) is 5.69 Å². The number of hydrogen-bond acceptors (Lipinski definition) is 5. The van der Waals surface area contributed by atoms with E-state index in [2.05, 4.69) is 11.9 Å². The monoisotopic (exact) mass is 348 g/mol. The number of fused-ring (bicyclic) bond motifs is 2. The molecule has 2 aliphatic heterocycles. The van der Waals surface area contributed by atoms with Gasteiger partial charge in [0.1, 0.15) is 5.75 Å². The minimum atomic E-state index is -4.39. The number of anilines is 1. The predicted octanol–water partition coefficient (Wildman–Crippen LogP) is 0.457. The molecule has 2 unspecified atom stereocenters. The Balaban J connectivity index is 0.00000192. The van der Waals surface area contributed by atoms with E-state index in [1.165, 1.54) is 12.0 Å². The van der Waals surface area contributed by atoms with Crippen LogP contribution in [0.1, 0.15) is 16.8 Å². The summed E-state index contributed by atoms with van der Waals surface area (Å²) >= 11 is 0. The molecule has 2 N–H and O–H groups in total. The first-order valence-electron chi connectivity index (χ1n) is 6.70. The zero-order valence-electron chi connectivity index (χ0n) is 11.9. The quantitative estimate of drug-likeness (QED) is 0.458. The first-order chi connectivity index (χ1) is 10.3. The van der Waals surface area contributed by atoms with Crippen LogP contribution < -0.4 is 10.1 Å². The van der Waals surface area contributed by atoms with Crippen molar-refractivity contribution in [2.75, 3.05) is 19.0 Å². The van der Waals surface area contributed by atoms with Crippen molar-refractivity contribution >= 4 is 51.3 Å². The molecule has 2 heterocycles. The number of nitrogens with zero attached hydrogens (tertiary/aromatic N) is 1. The Morgan fingerprint density at radius 1 is 1.43 bits per heavy atom. The van der Waals surface area contributed by atoms with Gasteiger partial charge in [0.2, 0.25) is 0 Å². The summed E-state index contributed by atoms with van der Waals surface area (Å²) in [5.41, 5.74) is 1.42. The molecule has 0 saturated carbocycles. The Kier molecular flexibility index (Phi) is 5.12. The third-order valence-corrected chi connectivity index (χ3v) is 5.05. The Morgan fingerprint density at radius 2 is 2.13 bits per heavy atom. The molecule has 1 amide bonds. The molecule has 3 rings (SSSR count). The van der Waals surface area contributed by atoms with Crippen LogP contribution in [0.25, 0.3) is 0 Å². The molecule has 7 nitrogen and oxygen atoms in total. The number of hydrogen-bond donors (Lipinski definition) is 2. The van der Waals surface area contributed by atoms with Gasteiger partial charge in [-0.25, -0.2) is 0 Å². The van der Waals surface area contributed by atoms with Crippen LogP contribution in [-0.4, -0.2) is 78.4 Å². The maximum absolute atomic E-state index is 12.7. The van der Waals surface area contributed by atoms with E-state index in [-0.39, 0.29) is 42.0 Å². The van der Waals surface area contributed by atoms with Gasteiger partial charge in [-0.2, -0.15) is 8.42 Å². The van der Waals surface area contributed by atoms with Gasteiger partial charge in [0.15, 0.2) is 5.37 Å². The van der Waals surface area contributed by atoms with Gasteiger partial charge < -0.3 is 15.0 Å². The number of ether oxygens (including phenoxy) is 1. The van der Waals surface area contributed by atoms with E-state index < -0.39 is 21.5 Å². The van der Waals surface area contributed by atoms with Crippen LogP contribution in [0.5, 0.6) is 5.75 Å². The van der Waals surface area contributed by atoms with E-state index >= 15 is 0 Å². The van der Waals surface area contributed by atoms with Gasteiger partial charge in [-0.3, -0.25) is 9.35 Å². The third-order valence-electron chi connectivity index (χ3n) is 3.98. The van der Waals surface area contributed by atoms with Crippen molar-refractivity contribution in [3.63, 3.8) is 0 Å². The molecular weight excluding hydrogens is 331 g/mol. The van der Waals surface area contributed by atoms with Crippen LogP contribution in [0.2, 0.25) is 0 Å². The van der Waals surface area contributed by atoms with Crippen molar-refractivity contribution in [1.29, 1.82) is 0 Å². The molecule has 9 heteroatoms. The summed E-state index contributed by atoms with van der Waals surface area (Å²) < 4.78 is 38.1. The number of carbonyl (C=O) groups is 1. The van der Waals surface area contributed by atoms with Crippen molar-refractivity contribution in [3.8, 4) is 5.75 Å². The molecule has 1 aromatic carbocycles. The number of rotatable bonds is 2. The summed E-state index contributed by atoms with van der Waals surface area (Å²) in [6.45, 7) is 4.10. The number of carbonyl (C=O) groups excluding carboxylic acids is 1. The minimum absolute atomic E-state index is 0. The van der Waals surface area contributed by atoms with Gasteiger partial charge in [-0.05, 0) is 24.6 Å². The summed E-state index contributed by atoms with van der Waals surface area (Å²) in [7, 11) is -2.90. The molecule has 0 spiro atoms. The average Bonchev–Trinajstić information content (AvgIpc) is 2.79. The molecule has 1 aromatic rings. The van der Waals surface area contributed by atoms with E-state index in [1.54, 1.807) is 18.2 Å². The van der Waals surface area contributed by atoms with E-state index in [0.29, 0.717) is 23.4 Å². The van der Waals surface area contributed by atoms with Crippen molar-refractivity contribution in [2.24, 2.45) is 0 Å². The van der Waals surface area contributed by atoms with Gasteiger partial charge in [0.05, 0.1) is 18.7 Å². The molecule has 1 saturated heterocycles. The van der Waals surface area contributed by atoms with Crippen molar-refractivity contribution in [3.05, 3.63) is 35.9 Å². The normalized spacial score (nSPS) is 23.3. The standard InChI is InChI=1S/C14H16N2O5S.Na.H/c1-8-5-12-13(22(18,19)20)15-11-4-3-9(21-2)6-10(11)14(17)16(12)7-8;;/h3-4,6,12-13,15H,1,5,7H2,2H3,(H,18,19,20);;. The predicted molar refractivity (Wildman–Crippen MR) is 87.7 cm³/mol. The molecule has 1 fully saturated rings. The molecular formula is C14H17N2NaO5S. The van der Waals surface area contributed by atoms with E-state index in [1.807, 2.05) is 0 Å². The molecule has 2 aliphatic rings. The second kappa shape index (κ2) is 6.45. The Hall–Kier alpha value is -1.06. The molecule has 0 aromatic heterocycles. The molecule has 0 radical (unpaired) electrons. The summed E-state index contributed by atoms with van der Waals surface area (Å²) in [5, 5.41) is 1.49. The van der Waals surface area contributed by atoms with Gasteiger partial charge in [-0.15, -0.1) is 0 Å². The van der Waals surface area contributed by atoms with E-state index in [0.717, 1.165) is 5.57 Å². The first kappa shape index (κ1) is 18.3. The summed E-state index contributed by atoms with van der Waals surface area (Å²) in [5.74, 6) is 0.185. The van der Waals surface area contributed by atoms with Gasteiger partial charge in [-0.1, -0.05) is 12.2 Å². The summed E-state index contributed by atoms with van der Waals surface area (Å²) in [6, 6.07) is 4.06. The SMILES string of the molecule is C=C1CC2C(S(=O)(=O)O)Nc3ccc(OC)cc3C(=O)N2C1.[NaH]. The fourth-order valence-corrected chi connectivity index (χ4v) is 3.87. The van der Waals surface area contributed by atoms with Crippen LogP contribution in [-0.2, 0) is 10.1 Å².